The van der Waals surface area contributed by atoms with Gasteiger partial charge in [0.1, 0.15) is 0 Å². The van der Waals surface area contributed by atoms with E-state index in [1.165, 1.54) is 12.8 Å². The molecule has 32 heavy (non-hydrogen) atoms. The normalized spacial score (nSPS) is 16.4. The van der Waals surface area contributed by atoms with Gasteiger partial charge in [-0.1, -0.05) is 62.6 Å². The van der Waals surface area contributed by atoms with Crippen LogP contribution in [0.25, 0.3) is 10.9 Å². The second-order valence-corrected chi connectivity index (χ2v) is 8.91. The quantitative estimate of drug-likeness (QED) is 0.440. The van der Waals surface area contributed by atoms with Gasteiger partial charge in [-0.3, -0.25) is 9.59 Å². The lowest BCUT2D eigenvalue weighted by molar-refractivity contribution is -0.122. The van der Waals surface area contributed by atoms with Gasteiger partial charge in [-0.2, -0.15) is 0 Å². The number of amides is 2. The summed E-state index contributed by atoms with van der Waals surface area (Å²) in [5, 5.41) is 4.23. The molecule has 4 rings (SSSR count). The van der Waals surface area contributed by atoms with E-state index in [0.29, 0.717) is 13.0 Å². The van der Waals surface area contributed by atoms with E-state index in [-0.39, 0.29) is 23.9 Å². The number of aryl methyl sites for hydroxylation is 1. The van der Waals surface area contributed by atoms with Gasteiger partial charge in [-0.15, -0.1) is 0 Å². The number of para-hydroxylation sites is 1. The van der Waals surface area contributed by atoms with Crippen LogP contribution < -0.4 is 5.32 Å². The molecule has 5 nitrogen and oxygen atoms in total. The molecule has 2 atom stereocenters. The molecule has 2 amide bonds. The summed E-state index contributed by atoms with van der Waals surface area (Å²) in [6.45, 7) is 6.69. The zero-order valence-electron chi connectivity index (χ0n) is 19.3. The summed E-state index contributed by atoms with van der Waals surface area (Å²) in [5.41, 5.74) is 4.98. The Labute approximate surface area is 190 Å². The van der Waals surface area contributed by atoms with Crippen LogP contribution in [0.5, 0.6) is 0 Å². The van der Waals surface area contributed by atoms with Gasteiger partial charge in [-0.05, 0) is 38.0 Å². The van der Waals surface area contributed by atoms with Crippen molar-refractivity contribution < 1.29 is 9.59 Å². The fraction of sp³-hybridized carbons (Fsp3) is 0.407. The Morgan fingerprint density at radius 2 is 1.88 bits per heavy atom. The Morgan fingerprint density at radius 1 is 1.12 bits per heavy atom. The van der Waals surface area contributed by atoms with Crippen molar-refractivity contribution in [3.63, 3.8) is 0 Å². The molecular weight excluding hydrogens is 398 g/mol. The largest absolute Gasteiger partial charge is 0.358 e. The molecule has 5 heteroatoms. The molecule has 0 radical (unpaired) electrons. The van der Waals surface area contributed by atoms with E-state index < -0.39 is 0 Å². The third-order valence-corrected chi connectivity index (χ3v) is 6.50. The minimum Gasteiger partial charge on any atom is -0.358 e. The maximum absolute atomic E-state index is 13.3. The minimum atomic E-state index is -0.190. The van der Waals surface area contributed by atoms with Crippen molar-refractivity contribution in [1.82, 2.24) is 15.2 Å². The lowest BCUT2D eigenvalue weighted by atomic mass is 9.95. The molecule has 0 unspecified atom stereocenters. The Morgan fingerprint density at radius 3 is 2.69 bits per heavy atom. The molecule has 0 aliphatic carbocycles. The van der Waals surface area contributed by atoms with Gasteiger partial charge in [0.2, 0.25) is 5.91 Å². The molecule has 2 aromatic carbocycles. The first-order valence-corrected chi connectivity index (χ1v) is 11.8. The monoisotopic (exact) mass is 431 g/mol. The first-order valence-electron chi connectivity index (χ1n) is 11.8. The van der Waals surface area contributed by atoms with Crippen molar-refractivity contribution in [2.45, 2.75) is 65.0 Å². The maximum atomic E-state index is 13.3. The second-order valence-electron chi connectivity index (χ2n) is 8.91. The molecule has 168 valence electrons. The van der Waals surface area contributed by atoms with Crippen molar-refractivity contribution in [2.75, 3.05) is 6.54 Å². The number of nitrogens with zero attached hydrogens (tertiary/aromatic N) is 1. The van der Waals surface area contributed by atoms with Crippen molar-refractivity contribution in [3.05, 3.63) is 70.9 Å². The van der Waals surface area contributed by atoms with Crippen LogP contribution in [0.2, 0.25) is 0 Å². The van der Waals surface area contributed by atoms with E-state index in [4.69, 9.17) is 0 Å². The molecule has 1 aliphatic heterocycles. The highest BCUT2D eigenvalue weighted by atomic mass is 16.2. The number of unbranched alkanes of at least 4 members (excludes halogenated alkanes) is 2. The van der Waals surface area contributed by atoms with Crippen LogP contribution in [-0.2, 0) is 4.79 Å². The highest BCUT2D eigenvalue weighted by Gasteiger charge is 2.39. The predicted octanol–water partition coefficient (Wildman–Crippen LogP) is 5.50. The summed E-state index contributed by atoms with van der Waals surface area (Å²) in [4.78, 5) is 31.3. The fourth-order valence-corrected chi connectivity index (χ4v) is 4.90. The van der Waals surface area contributed by atoms with Gasteiger partial charge >= 0.3 is 0 Å². The number of hydrogen-bond donors (Lipinski definition) is 2. The van der Waals surface area contributed by atoms with Crippen molar-refractivity contribution in [1.29, 1.82) is 0 Å². The number of hydrogen-bond acceptors (Lipinski definition) is 2. The smallest absolute Gasteiger partial charge is 0.255 e. The summed E-state index contributed by atoms with van der Waals surface area (Å²) in [6.07, 6.45) is 4.78. The summed E-state index contributed by atoms with van der Waals surface area (Å²) in [7, 11) is 0. The Kier molecular flexibility index (Phi) is 6.63. The molecule has 0 spiro atoms. The van der Waals surface area contributed by atoms with Crippen LogP contribution in [0, 0.1) is 6.92 Å². The van der Waals surface area contributed by atoms with E-state index in [1.54, 1.807) is 0 Å². The topological polar surface area (TPSA) is 65.2 Å². The third-order valence-electron chi connectivity index (χ3n) is 6.50. The Hall–Kier alpha value is -3.08. The van der Waals surface area contributed by atoms with Crippen LogP contribution in [0.15, 0.2) is 48.5 Å². The van der Waals surface area contributed by atoms with Gasteiger partial charge in [0.15, 0.2) is 0 Å². The van der Waals surface area contributed by atoms with E-state index in [0.717, 1.165) is 46.1 Å². The van der Waals surface area contributed by atoms with E-state index in [1.807, 2.05) is 41.3 Å². The molecule has 1 aliphatic rings. The number of carbonyl (C=O) groups excluding carboxylic acids is 2. The predicted molar refractivity (Wildman–Crippen MR) is 129 cm³/mol. The first-order chi connectivity index (χ1) is 15.5. The molecule has 0 bridgehead atoms. The lowest BCUT2D eigenvalue weighted by Crippen LogP contribution is -2.37. The van der Waals surface area contributed by atoms with Gasteiger partial charge in [0.05, 0.1) is 6.04 Å². The zero-order chi connectivity index (χ0) is 22.7. The Balaban J connectivity index is 1.56. The van der Waals surface area contributed by atoms with Gasteiger partial charge < -0.3 is 15.2 Å². The fourth-order valence-electron chi connectivity index (χ4n) is 4.90. The number of fused-ring (bicyclic) bond motifs is 2. The summed E-state index contributed by atoms with van der Waals surface area (Å²) < 4.78 is 0. The van der Waals surface area contributed by atoms with Crippen LogP contribution in [0.3, 0.4) is 0 Å². The minimum absolute atomic E-state index is 0.000856. The lowest BCUT2D eigenvalue weighted by Gasteiger charge is -2.26. The molecule has 2 N–H and O–H groups in total. The highest BCUT2D eigenvalue weighted by Crippen LogP contribution is 2.42. The first kappa shape index (κ1) is 22.1. The molecule has 2 heterocycles. The van der Waals surface area contributed by atoms with Crippen molar-refractivity contribution in [3.8, 4) is 0 Å². The number of nitrogens with one attached hydrogen (secondary N) is 2. The zero-order valence-corrected chi connectivity index (χ0v) is 19.3. The highest BCUT2D eigenvalue weighted by molar-refractivity contribution is 6.01. The van der Waals surface area contributed by atoms with Crippen LogP contribution in [0.4, 0.5) is 0 Å². The van der Waals surface area contributed by atoms with E-state index in [9.17, 15) is 9.59 Å². The average molecular weight is 432 g/mol. The standard InChI is InChI=1S/C27H33N3O2/c1-4-5-6-11-18(2)28-24(31)16-17-30-26(20-12-7-8-13-21(20)27(30)32)25-19(3)29-23-15-10-9-14-22(23)25/h7-10,12-15,18,26,29H,4-6,11,16-17H2,1-3H3,(H,28,31)/t18-,26-/m1/s1. The van der Waals surface area contributed by atoms with Crippen molar-refractivity contribution >= 4 is 22.7 Å². The third kappa shape index (κ3) is 4.29. The summed E-state index contributed by atoms with van der Waals surface area (Å²) in [6, 6.07) is 16.0. The molecule has 3 aromatic rings. The average Bonchev–Trinajstić information content (AvgIpc) is 3.25. The molecule has 1 aromatic heterocycles. The van der Waals surface area contributed by atoms with E-state index >= 15 is 0 Å². The van der Waals surface area contributed by atoms with Gasteiger partial charge in [0, 0.05) is 46.7 Å². The number of H-pyrrole nitrogens is 1. The number of aromatic nitrogens is 1. The number of rotatable bonds is 9. The number of benzene rings is 2. The van der Waals surface area contributed by atoms with Gasteiger partial charge in [0.25, 0.3) is 5.91 Å². The molecule has 0 saturated carbocycles. The van der Waals surface area contributed by atoms with Crippen LogP contribution in [0.1, 0.15) is 79.2 Å². The van der Waals surface area contributed by atoms with E-state index in [2.05, 4.69) is 43.2 Å². The summed E-state index contributed by atoms with van der Waals surface area (Å²) in [5.74, 6) is 0.00577. The van der Waals surface area contributed by atoms with Gasteiger partial charge in [-0.25, -0.2) is 0 Å². The van der Waals surface area contributed by atoms with Crippen molar-refractivity contribution in [2.24, 2.45) is 0 Å². The second kappa shape index (κ2) is 9.60. The Bertz CT molecular complexity index is 1120. The van der Waals surface area contributed by atoms with Crippen LogP contribution >= 0.6 is 0 Å². The molecule has 0 fully saturated rings. The number of carbonyl (C=O) groups is 2. The van der Waals surface area contributed by atoms with Crippen LogP contribution in [-0.4, -0.2) is 34.3 Å². The maximum Gasteiger partial charge on any atom is 0.255 e. The number of aromatic amines is 1. The molecular formula is C27H33N3O2. The molecule has 0 saturated heterocycles. The summed E-state index contributed by atoms with van der Waals surface area (Å²) >= 11 is 0. The SMILES string of the molecule is CCCCC[C@@H](C)NC(=O)CCN1C(=O)c2ccccc2[C@@H]1c1c(C)[nH]c2ccccc12.